The Balaban J connectivity index is 2.28. The smallest absolute Gasteiger partial charge is 0.221 e. The van der Waals surface area contributed by atoms with Gasteiger partial charge in [0.1, 0.15) is 11.6 Å². The number of hydrogen-bond acceptors (Lipinski definition) is 6. The van der Waals surface area contributed by atoms with Gasteiger partial charge >= 0.3 is 0 Å². The molecule has 6 heteroatoms. The third kappa shape index (κ3) is 2.91. The molecule has 2 rings (SSSR count). The van der Waals surface area contributed by atoms with E-state index in [1.165, 1.54) is 0 Å². The fraction of sp³-hybridized carbons (Fsp3) is 0.429. The molecule has 4 N–H and O–H groups in total. The molecule has 20 heavy (non-hydrogen) atoms. The van der Waals surface area contributed by atoms with Crippen LogP contribution in [0.15, 0.2) is 29.7 Å². The number of rotatable bonds is 4. The largest absolute Gasteiger partial charge is 0.497 e. The van der Waals surface area contributed by atoms with Crippen molar-refractivity contribution in [3.05, 3.63) is 35.2 Å². The molecule has 0 spiro atoms. The number of nitrogens with two attached hydrogens (primary N) is 2. The van der Waals surface area contributed by atoms with E-state index >= 15 is 0 Å². The first kappa shape index (κ1) is 14.3. The first-order valence-corrected chi connectivity index (χ1v) is 6.41. The lowest BCUT2D eigenvalue weighted by Crippen LogP contribution is -2.22. The van der Waals surface area contributed by atoms with Gasteiger partial charge in [0.25, 0.3) is 0 Å². The van der Waals surface area contributed by atoms with Crippen LogP contribution in [-0.4, -0.2) is 30.3 Å². The molecule has 0 saturated carbocycles. The summed E-state index contributed by atoms with van der Waals surface area (Å²) >= 11 is 0. The number of hydrogen-bond donors (Lipinski definition) is 2. The van der Waals surface area contributed by atoms with Gasteiger partial charge in [-0.05, 0) is 17.7 Å². The zero-order valence-electron chi connectivity index (χ0n) is 12.0. The van der Waals surface area contributed by atoms with Gasteiger partial charge in [-0.25, -0.2) is 4.98 Å². The van der Waals surface area contributed by atoms with Crippen molar-refractivity contribution in [2.24, 2.45) is 5.92 Å². The first-order valence-electron chi connectivity index (χ1n) is 6.41. The third-order valence-corrected chi connectivity index (χ3v) is 3.40. The molecule has 1 aromatic heterocycles. The summed E-state index contributed by atoms with van der Waals surface area (Å²) < 4.78 is 10.9. The number of nitrogen functional groups attached to an aromatic ring is 2. The van der Waals surface area contributed by atoms with Gasteiger partial charge in [0.15, 0.2) is 0 Å². The topological polar surface area (TPSA) is 96.3 Å². The molecule has 0 bridgehead atoms. The SMILES string of the molecule is COC1=CC(C)C(OC)C=C1Cc1cnc(N)nc1N. The van der Waals surface area contributed by atoms with E-state index in [0.29, 0.717) is 12.2 Å². The van der Waals surface area contributed by atoms with Gasteiger partial charge in [0.2, 0.25) is 5.95 Å². The van der Waals surface area contributed by atoms with E-state index in [0.717, 1.165) is 16.9 Å². The second-order valence-electron chi connectivity index (χ2n) is 4.80. The van der Waals surface area contributed by atoms with Crippen LogP contribution in [0.4, 0.5) is 11.8 Å². The molecule has 108 valence electrons. The van der Waals surface area contributed by atoms with Crippen molar-refractivity contribution in [1.82, 2.24) is 9.97 Å². The minimum Gasteiger partial charge on any atom is -0.497 e. The summed E-state index contributed by atoms with van der Waals surface area (Å²) in [6.07, 6.45) is 6.36. The minimum absolute atomic E-state index is 0.0276. The predicted octanol–water partition coefficient (Wildman–Crippen LogP) is 1.30. The van der Waals surface area contributed by atoms with Crippen LogP contribution in [0.2, 0.25) is 0 Å². The van der Waals surface area contributed by atoms with E-state index in [2.05, 4.69) is 29.0 Å². The van der Waals surface area contributed by atoms with E-state index < -0.39 is 0 Å². The number of anilines is 2. The van der Waals surface area contributed by atoms with Gasteiger partial charge in [-0.1, -0.05) is 6.92 Å². The molecule has 0 aliphatic heterocycles. The monoisotopic (exact) mass is 276 g/mol. The fourth-order valence-corrected chi connectivity index (χ4v) is 2.28. The van der Waals surface area contributed by atoms with E-state index in [4.69, 9.17) is 20.9 Å². The average molecular weight is 276 g/mol. The van der Waals surface area contributed by atoms with Crippen LogP contribution in [0.3, 0.4) is 0 Å². The highest BCUT2D eigenvalue weighted by Gasteiger charge is 2.22. The summed E-state index contributed by atoms with van der Waals surface area (Å²) in [6, 6.07) is 0. The zero-order valence-corrected chi connectivity index (χ0v) is 12.0. The summed E-state index contributed by atoms with van der Waals surface area (Å²) in [5.74, 6) is 1.66. The summed E-state index contributed by atoms with van der Waals surface area (Å²) in [7, 11) is 3.35. The predicted molar refractivity (Wildman–Crippen MR) is 77.7 cm³/mol. The molecule has 0 fully saturated rings. The van der Waals surface area contributed by atoms with Gasteiger partial charge in [-0.2, -0.15) is 4.98 Å². The number of ether oxygens (including phenoxy) is 2. The molecule has 6 nitrogen and oxygen atoms in total. The van der Waals surface area contributed by atoms with Crippen molar-refractivity contribution in [2.75, 3.05) is 25.7 Å². The number of nitrogens with zero attached hydrogens (tertiary/aromatic N) is 2. The molecule has 0 radical (unpaired) electrons. The Morgan fingerprint density at radius 3 is 2.60 bits per heavy atom. The van der Waals surface area contributed by atoms with Crippen LogP contribution >= 0.6 is 0 Å². The molecule has 1 aromatic rings. The van der Waals surface area contributed by atoms with E-state index in [9.17, 15) is 0 Å². The summed E-state index contributed by atoms with van der Waals surface area (Å²) in [4.78, 5) is 7.95. The normalized spacial score (nSPS) is 22.1. The highest BCUT2D eigenvalue weighted by Crippen LogP contribution is 2.28. The maximum atomic E-state index is 5.87. The van der Waals surface area contributed by atoms with Gasteiger partial charge in [-0.15, -0.1) is 0 Å². The van der Waals surface area contributed by atoms with Gasteiger partial charge < -0.3 is 20.9 Å². The van der Waals surface area contributed by atoms with Gasteiger partial charge in [-0.3, -0.25) is 0 Å². The van der Waals surface area contributed by atoms with Crippen molar-refractivity contribution in [1.29, 1.82) is 0 Å². The van der Waals surface area contributed by atoms with Crippen LogP contribution < -0.4 is 11.5 Å². The molecular formula is C14H20N4O2. The van der Waals surface area contributed by atoms with Gasteiger partial charge in [0.05, 0.1) is 13.2 Å². The molecule has 1 aliphatic carbocycles. The van der Waals surface area contributed by atoms with E-state index in [1.807, 2.05) is 0 Å². The lowest BCUT2D eigenvalue weighted by atomic mass is 9.91. The highest BCUT2D eigenvalue weighted by molar-refractivity contribution is 5.46. The Bertz CT molecular complexity index is 554. The number of allylic oxidation sites excluding steroid dienone is 1. The van der Waals surface area contributed by atoms with Crippen LogP contribution in [-0.2, 0) is 15.9 Å². The van der Waals surface area contributed by atoms with Crippen LogP contribution in [0.25, 0.3) is 0 Å². The van der Waals surface area contributed by atoms with Crippen molar-refractivity contribution < 1.29 is 9.47 Å². The Labute approximate surface area is 118 Å². The summed E-state index contributed by atoms with van der Waals surface area (Å²) in [5, 5.41) is 0. The Kier molecular flexibility index (Phi) is 4.24. The Morgan fingerprint density at radius 1 is 1.25 bits per heavy atom. The van der Waals surface area contributed by atoms with Crippen LogP contribution in [0, 0.1) is 5.92 Å². The second kappa shape index (κ2) is 5.92. The lowest BCUT2D eigenvalue weighted by Gasteiger charge is -2.25. The molecule has 0 saturated heterocycles. The molecule has 2 unspecified atom stereocenters. The van der Waals surface area contributed by atoms with E-state index in [-0.39, 0.29) is 18.0 Å². The Morgan fingerprint density at radius 2 is 2.00 bits per heavy atom. The zero-order chi connectivity index (χ0) is 14.7. The molecule has 1 aliphatic rings. The minimum atomic E-state index is 0.0276. The lowest BCUT2D eigenvalue weighted by molar-refractivity contribution is 0.107. The fourth-order valence-electron chi connectivity index (χ4n) is 2.28. The molecule has 0 aromatic carbocycles. The van der Waals surface area contributed by atoms with Crippen molar-refractivity contribution >= 4 is 11.8 Å². The molecule has 1 heterocycles. The van der Waals surface area contributed by atoms with Gasteiger partial charge in [0, 0.05) is 31.2 Å². The maximum Gasteiger partial charge on any atom is 0.221 e. The molecular weight excluding hydrogens is 256 g/mol. The third-order valence-electron chi connectivity index (χ3n) is 3.40. The van der Waals surface area contributed by atoms with Crippen LogP contribution in [0.1, 0.15) is 12.5 Å². The number of methoxy groups -OCH3 is 2. The standard InChI is InChI=1S/C14H20N4O2/c1-8-4-12(20-3)9(6-11(8)19-2)5-10-7-17-14(16)18-13(10)15/h4,6-8,11H,5H2,1-3H3,(H4,15,16,17,18). The average Bonchev–Trinajstić information content (AvgIpc) is 2.43. The highest BCUT2D eigenvalue weighted by atomic mass is 16.5. The van der Waals surface area contributed by atoms with E-state index in [1.54, 1.807) is 20.4 Å². The first-order chi connectivity index (χ1) is 9.55. The molecule has 0 amide bonds. The van der Waals surface area contributed by atoms with Crippen molar-refractivity contribution in [2.45, 2.75) is 19.4 Å². The van der Waals surface area contributed by atoms with Crippen molar-refractivity contribution in [3.63, 3.8) is 0 Å². The molecule has 2 atom stereocenters. The quantitative estimate of drug-likeness (QED) is 0.860. The maximum absolute atomic E-state index is 5.87. The summed E-state index contributed by atoms with van der Waals surface area (Å²) in [6.45, 7) is 2.08. The Hall–Kier alpha value is -2.08. The van der Waals surface area contributed by atoms with Crippen LogP contribution in [0.5, 0.6) is 0 Å². The number of aromatic nitrogens is 2. The van der Waals surface area contributed by atoms with Crippen molar-refractivity contribution in [3.8, 4) is 0 Å². The summed E-state index contributed by atoms with van der Waals surface area (Å²) in [5.41, 5.74) is 13.2. The second-order valence-corrected chi connectivity index (χ2v) is 4.80.